The fourth-order valence-corrected chi connectivity index (χ4v) is 4.76. The van der Waals surface area contributed by atoms with E-state index in [-0.39, 0.29) is 13.2 Å². The van der Waals surface area contributed by atoms with Crippen molar-refractivity contribution < 1.29 is 56.5 Å². The van der Waals surface area contributed by atoms with Crippen molar-refractivity contribution in [3.63, 3.8) is 0 Å². The van der Waals surface area contributed by atoms with Crippen LogP contribution in [0.4, 0.5) is 0 Å². The van der Waals surface area contributed by atoms with E-state index < -0.39 is 19.6 Å². The number of rotatable bonds is 24. The SMILES string of the molecule is COCCOCCOCCOCCOCCOCCOCCOC(=O)C1(C)CCc2c(cc(C)c(O[PH](C)=O)c2C)O1. The quantitative estimate of drug-likeness (QED) is 0.0957. The molecule has 0 radical (unpaired) electrons. The molecule has 0 saturated carbocycles. The normalized spacial score (nSPS) is 17.0. The summed E-state index contributed by atoms with van der Waals surface area (Å²) in [5.41, 5.74) is 1.58. The van der Waals surface area contributed by atoms with Crippen molar-refractivity contribution in [2.45, 2.75) is 39.2 Å². The van der Waals surface area contributed by atoms with Crippen molar-refractivity contribution >= 4 is 14.0 Å². The molecule has 0 fully saturated rings. The number of carbonyl (C=O) groups excluding carboxylic acids is 1. The molecule has 1 aromatic rings. The van der Waals surface area contributed by atoms with Crippen LogP contribution in [0, 0.1) is 13.8 Å². The van der Waals surface area contributed by atoms with Crippen LogP contribution in [0.25, 0.3) is 0 Å². The van der Waals surface area contributed by atoms with E-state index >= 15 is 0 Å². The van der Waals surface area contributed by atoms with Crippen LogP contribution in [0.3, 0.4) is 0 Å². The van der Waals surface area contributed by atoms with Gasteiger partial charge in [0.25, 0.3) is 0 Å². The second-order valence-electron chi connectivity index (χ2n) is 9.85. The molecule has 0 bridgehead atoms. The van der Waals surface area contributed by atoms with Crippen molar-refractivity contribution in [1.82, 2.24) is 0 Å². The number of carbonyl (C=O) groups is 1. The van der Waals surface area contributed by atoms with Gasteiger partial charge in [-0.3, -0.25) is 4.57 Å². The molecule has 1 heterocycles. The van der Waals surface area contributed by atoms with Crippen LogP contribution in [0.1, 0.15) is 30.0 Å². The van der Waals surface area contributed by atoms with Crippen LogP contribution < -0.4 is 9.26 Å². The van der Waals surface area contributed by atoms with E-state index in [1.165, 1.54) is 0 Å². The highest BCUT2D eigenvalue weighted by atomic mass is 31.1. The molecule has 0 aromatic heterocycles. The molecule has 2 unspecified atom stereocenters. The highest BCUT2D eigenvalue weighted by molar-refractivity contribution is 7.38. The Bertz CT molecular complexity index is 944. The molecule has 0 amide bonds. The van der Waals surface area contributed by atoms with E-state index in [0.29, 0.717) is 104 Å². The molecule has 0 N–H and O–H groups in total. The first-order chi connectivity index (χ1) is 20.3. The number of methoxy groups -OCH3 is 1. The van der Waals surface area contributed by atoms with Crippen LogP contribution in [0.2, 0.25) is 0 Å². The summed E-state index contributed by atoms with van der Waals surface area (Å²) in [7, 11) is -0.490. The predicted octanol–water partition coefficient (Wildman–Crippen LogP) is 3.16. The fourth-order valence-electron chi connectivity index (χ4n) is 4.16. The third-order valence-corrected chi connectivity index (χ3v) is 6.91. The first-order valence-corrected chi connectivity index (χ1v) is 16.2. The van der Waals surface area contributed by atoms with Crippen molar-refractivity contribution in [1.29, 1.82) is 0 Å². The van der Waals surface area contributed by atoms with Gasteiger partial charge in [0.05, 0.1) is 85.9 Å². The fraction of sp³-hybridized carbons (Fsp3) is 0.759. The summed E-state index contributed by atoms with van der Waals surface area (Å²) >= 11 is 0. The maximum Gasteiger partial charge on any atom is 0.350 e. The van der Waals surface area contributed by atoms with Gasteiger partial charge in [0.15, 0.2) is 0 Å². The minimum absolute atomic E-state index is 0.122. The Morgan fingerprint density at radius 3 is 1.71 bits per heavy atom. The second kappa shape index (κ2) is 21.0. The minimum atomic E-state index is -2.13. The van der Waals surface area contributed by atoms with Gasteiger partial charge in [0.2, 0.25) is 13.6 Å². The van der Waals surface area contributed by atoms with E-state index in [9.17, 15) is 9.36 Å². The monoisotopic (exact) mass is 620 g/mol. The maximum atomic E-state index is 12.8. The van der Waals surface area contributed by atoms with Gasteiger partial charge in [0.1, 0.15) is 18.1 Å². The Hall–Kier alpha value is -1.76. The summed E-state index contributed by atoms with van der Waals surface area (Å²) in [6.07, 6.45) is 1.09. The Morgan fingerprint density at radius 1 is 0.810 bits per heavy atom. The zero-order chi connectivity index (χ0) is 30.6. The summed E-state index contributed by atoms with van der Waals surface area (Å²) in [4.78, 5) is 12.8. The molecule has 12 nitrogen and oxygen atoms in total. The van der Waals surface area contributed by atoms with Crippen LogP contribution in [0.15, 0.2) is 6.07 Å². The molecule has 2 atom stereocenters. The van der Waals surface area contributed by atoms with Gasteiger partial charge in [-0.2, -0.15) is 0 Å². The number of hydrogen-bond donors (Lipinski definition) is 0. The lowest BCUT2D eigenvalue weighted by Crippen LogP contribution is -2.46. The predicted molar refractivity (Wildman–Crippen MR) is 157 cm³/mol. The molecule has 13 heteroatoms. The molecular formula is C29H49O12P. The molecule has 0 aliphatic carbocycles. The lowest BCUT2D eigenvalue weighted by molar-refractivity contribution is -0.163. The average molecular weight is 621 g/mol. The molecule has 1 aliphatic heterocycles. The van der Waals surface area contributed by atoms with E-state index in [1.807, 2.05) is 19.9 Å². The molecule has 2 rings (SSSR count). The first kappa shape index (κ1) is 36.4. The van der Waals surface area contributed by atoms with Gasteiger partial charge < -0.3 is 47.2 Å². The smallest absolute Gasteiger partial charge is 0.350 e. The molecule has 242 valence electrons. The Labute approximate surface area is 250 Å². The van der Waals surface area contributed by atoms with Crippen LogP contribution in [0.5, 0.6) is 11.5 Å². The number of fused-ring (bicyclic) bond motifs is 1. The van der Waals surface area contributed by atoms with Gasteiger partial charge in [-0.05, 0) is 44.4 Å². The molecule has 42 heavy (non-hydrogen) atoms. The summed E-state index contributed by atoms with van der Waals surface area (Å²) in [5, 5.41) is 0. The van der Waals surface area contributed by atoms with Crippen molar-refractivity contribution in [3.8, 4) is 11.5 Å². The number of aryl methyl sites for hydroxylation is 1. The number of ether oxygens (including phenoxy) is 9. The van der Waals surface area contributed by atoms with Crippen molar-refractivity contribution in [2.75, 3.05) is 106 Å². The Balaban J connectivity index is 1.45. The topological polar surface area (TPSA) is 126 Å². The van der Waals surface area contributed by atoms with Crippen molar-refractivity contribution in [2.24, 2.45) is 0 Å². The Morgan fingerprint density at radius 2 is 1.26 bits per heavy atom. The largest absolute Gasteiger partial charge is 0.476 e. The first-order valence-electron chi connectivity index (χ1n) is 14.4. The van der Waals surface area contributed by atoms with E-state index in [4.69, 9.17) is 47.2 Å². The summed E-state index contributed by atoms with van der Waals surface area (Å²) < 4.78 is 66.2. The summed E-state index contributed by atoms with van der Waals surface area (Å²) in [6, 6.07) is 1.83. The van der Waals surface area contributed by atoms with Gasteiger partial charge in [-0.15, -0.1) is 0 Å². The lowest BCUT2D eigenvalue weighted by atomic mass is 9.89. The van der Waals surface area contributed by atoms with Gasteiger partial charge >= 0.3 is 5.97 Å². The third-order valence-electron chi connectivity index (χ3n) is 6.41. The van der Waals surface area contributed by atoms with Gasteiger partial charge in [-0.25, -0.2) is 4.79 Å². The minimum Gasteiger partial charge on any atom is -0.476 e. The molecular weight excluding hydrogens is 571 g/mol. The Kier molecular flexibility index (Phi) is 18.2. The highest BCUT2D eigenvalue weighted by Crippen LogP contribution is 2.42. The van der Waals surface area contributed by atoms with Crippen molar-refractivity contribution in [3.05, 3.63) is 22.8 Å². The third kappa shape index (κ3) is 13.7. The van der Waals surface area contributed by atoms with Crippen LogP contribution in [-0.2, 0) is 53.7 Å². The molecule has 0 spiro atoms. The van der Waals surface area contributed by atoms with Crippen LogP contribution >= 0.6 is 8.03 Å². The van der Waals surface area contributed by atoms with E-state index in [2.05, 4.69) is 0 Å². The summed E-state index contributed by atoms with van der Waals surface area (Å²) in [6.45, 7) is 13.4. The molecule has 1 aliphatic rings. The maximum absolute atomic E-state index is 12.8. The summed E-state index contributed by atoms with van der Waals surface area (Å²) in [5.74, 6) is 0.826. The van der Waals surface area contributed by atoms with E-state index in [0.717, 1.165) is 16.7 Å². The number of hydrogen-bond acceptors (Lipinski definition) is 12. The van der Waals surface area contributed by atoms with Gasteiger partial charge in [-0.1, -0.05) is 0 Å². The second-order valence-corrected chi connectivity index (χ2v) is 11.0. The van der Waals surface area contributed by atoms with Crippen LogP contribution in [-0.4, -0.2) is 118 Å². The zero-order valence-electron chi connectivity index (χ0n) is 25.8. The lowest BCUT2D eigenvalue weighted by Gasteiger charge is -2.35. The standard InChI is InChI=1S/C29H49O12P/c1-23-22-26-25(24(2)27(23)41-42(5)31)6-7-29(3,40-26)28(30)39-21-20-38-19-18-37-17-16-36-15-14-35-13-12-34-11-10-33-9-8-32-4/h22,42H,6-21H2,1-5H3. The molecule has 1 aromatic carbocycles. The van der Waals surface area contributed by atoms with E-state index in [1.54, 1.807) is 20.7 Å². The van der Waals surface area contributed by atoms with Gasteiger partial charge in [0, 0.05) is 25.8 Å². The number of esters is 1. The average Bonchev–Trinajstić information content (AvgIpc) is 2.95. The number of benzene rings is 1. The molecule has 0 saturated heterocycles. The zero-order valence-corrected chi connectivity index (χ0v) is 26.8. The highest BCUT2D eigenvalue weighted by Gasteiger charge is 2.41.